The van der Waals surface area contributed by atoms with Crippen molar-refractivity contribution in [2.45, 2.75) is 26.4 Å². The number of amides is 1. The van der Waals surface area contributed by atoms with Crippen LogP contribution in [0, 0.1) is 5.92 Å². The summed E-state index contributed by atoms with van der Waals surface area (Å²) in [7, 11) is 1.22. The Bertz CT molecular complexity index is 599. The first-order valence-electron chi connectivity index (χ1n) is 6.16. The van der Waals surface area contributed by atoms with Crippen molar-refractivity contribution in [3.63, 3.8) is 0 Å². The summed E-state index contributed by atoms with van der Waals surface area (Å²) in [5.41, 5.74) is 5.12. The molecule has 9 heteroatoms. The molecule has 0 radical (unpaired) electrons. The monoisotopic (exact) mass is 360 g/mol. The molecule has 1 amide bonds. The van der Waals surface area contributed by atoms with Crippen LogP contribution < -0.4 is 16.6 Å². The SMILES string of the molecule is COC(=O)Cn1ncc(NC(C(N)=O)C(C)C)c(Br)c1=O. The van der Waals surface area contributed by atoms with Crippen molar-refractivity contribution in [2.24, 2.45) is 11.7 Å². The zero-order valence-corrected chi connectivity index (χ0v) is 13.5. The summed E-state index contributed by atoms with van der Waals surface area (Å²) >= 11 is 3.13. The third-order valence-corrected chi connectivity index (χ3v) is 3.54. The van der Waals surface area contributed by atoms with Gasteiger partial charge in [-0.05, 0) is 21.8 Å². The number of nitrogens with one attached hydrogen (secondary N) is 1. The topological polar surface area (TPSA) is 116 Å². The van der Waals surface area contributed by atoms with Crippen LogP contribution in [-0.4, -0.2) is 34.8 Å². The van der Waals surface area contributed by atoms with Crippen molar-refractivity contribution < 1.29 is 14.3 Å². The molecule has 1 rings (SSSR count). The van der Waals surface area contributed by atoms with E-state index in [9.17, 15) is 14.4 Å². The highest BCUT2D eigenvalue weighted by atomic mass is 79.9. The Morgan fingerprint density at radius 1 is 1.52 bits per heavy atom. The molecular weight excluding hydrogens is 344 g/mol. The molecule has 0 aromatic carbocycles. The van der Waals surface area contributed by atoms with Crippen LogP contribution in [0.2, 0.25) is 0 Å². The number of nitrogens with two attached hydrogens (primary N) is 1. The molecule has 0 spiro atoms. The Labute approximate surface area is 129 Å². The number of methoxy groups -OCH3 is 1. The van der Waals surface area contributed by atoms with Gasteiger partial charge in [0.25, 0.3) is 5.56 Å². The minimum Gasteiger partial charge on any atom is -0.468 e. The molecule has 0 saturated heterocycles. The van der Waals surface area contributed by atoms with Crippen LogP contribution in [-0.2, 0) is 20.9 Å². The summed E-state index contributed by atoms with van der Waals surface area (Å²) in [5.74, 6) is -1.18. The van der Waals surface area contributed by atoms with Crippen molar-refractivity contribution in [3.05, 3.63) is 21.0 Å². The zero-order valence-electron chi connectivity index (χ0n) is 11.9. The first-order chi connectivity index (χ1) is 9.77. The van der Waals surface area contributed by atoms with Crippen LogP contribution in [0.5, 0.6) is 0 Å². The minimum absolute atomic E-state index is 0.0631. The van der Waals surface area contributed by atoms with Gasteiger partial charge in [0, 0.05) is 0 Å². The molecule has 1 atom stereocenters. The Morgan fingerprint density at radius 3 is 2.62 bits per heavy atom. The second-order valence-corrected chi connectivity index (χ2v) is 5.47. The highest BCUT2D eigenvalue weighted by Crippen LogP contribution is 2.19. The van der Waals surface area contributed by atoms with Crippen LogP contribution in [0.3, 0.4) is 0 Å². The zero-order chi connectivity index (χ0) is 16.2. The van der Waals surface area contributed by atoms with E-state index in [4.69, 9.17) is 5.73 Å². The normalized spacial score (nSPS) is 12.0. The van der Waals surface area contributed by atoms with Gasteiger partial charge in [0.15, 0.2) is 0 Å². The molecule has 3 N–H and O–H groups in total. The lowest BCUT2D eigenvalue weighted by atomic mass is 10.0. The Kier molecular flexibility index (Phi) is 5.89. The summed E-state index contributed by atoms with van der Waals surface area (Å²) in [5, 5.41) is 6.73. The molecule has 0 saturated carbocycles. The van der Waals surface area contributed by atoms with Gasteiger partial charge in [0.2, 0.25) is 5.91 Å². The van der Waals surface area contributed by atoms with Crippen LogP contribution in [0.15, 0.2) is 15.5 Å². The maximum absolute atomic E-state index is 12.1. The number of carbonyl (C=O) groups excluding carboxylic acids is 2. The maximum Gasteiger partial charge on any atom is 0.327 e. The highest BCUT2D eigenvalue weighted by Gasteiger charge is 2.21. The van der Waals surface area contributed by atoms with Gasteiger partial charge in [0.1, 0.15) is 17.1 Å². The van der Waals surface area contributed by atoms with E-state index in [-0.39, 0.29) is 16.9 Å². The number of ether oxygens (including phenoxy) is 1. The summed E-state index contributed by atoms with van der Waals surface area (Å²) in [4.78, 5) is 34.6. The van der Waals surface area contributed by atoms with Gasteiger partial charge in [-0.15, -0.1) is 0 Å². The van der Waals surface area contributed by atoms with E-state index < -0.39 is 23.5 Å². The van der Waals surface area contributed by atoms with Crippen molar-refractivity contribution in [2.75, 3.05) is 12.4 Å². The van der Waals surface area contributed by atoms with E-state index in [1.165, 1.54) is 13.3 Å². The summed E-state index contributed by atoms with van der Waals surface area (Å²) in [6.45, 7) is 3.35. The molecule has 1 unspecified atom stereocenters. The largest absolute Gasteiger partial charge is 0.468 e. The summed E-state index contributed by atoms with van der Waals surface area (Å²) in [6, 6.07) is -0.640. The number of anilines is 1. The molecule has 116 valence electrons. The quantitative estimate of drug-likeness (QED) is 0.695. The molecule has 0 bridgehead atoms. The van der Waals surface area contributed by atoms with Crippen molar-refractivity contribution in [1.82, 2.24) is 9.78 Å². The number of primary amides is 1. The van der Waals surface area contributed by atoms with E-state index in [0.717, 1.165) is 4.68 Å². The van der Waals surface area contributed by atoms with Crippen LogP contribution in [0.25, 0.3) is 0 Å². The molecule has 1 aromatic heterocycles. The van der Waals surface area contributed by atoms with Crippen LogP contribution in [0.1, 0.15) is 13.8 Å². The summed E-state index contributed by atoms with van der Waals surface area (Å²) in [6.07, 6.45) is 1.34. The molecule has 8 nitrogen and oxygen atoms in total. The maximum atomic E-state index is 12.1. The first kappa shape index (κ1) is 17.2. The Morgan fingerprint density at radius 2 is 2.14 bits per heavy atom. The third kappa shape index (κ3) is 4.28. The second kappa shape index (κ2) is 7.21. The van der Waals surface area contributed by atoms with Crippen molar-refractivity contribution in [3.8, 4) is 0 Å². The standard InChI is InChI=1S/C12H17BrN4O4/c1-6(2)10(11(14)19)16-7-4-15-17(5-8(18)21-3)12(20)9(7)13/h4,6,10,16H,5H2,1-3H3,(H2,14,19). The average molecular weight is 361 g/mol. The number of halogens is 1. The van der Waals surface area contributed by atoms with E-state index >= 15 is 0 Å². The lowest BCUT2D eigenvalue weighted by molar-refractivity contribution is -0.141. The van der Waals surface area contributed by atoms with E-state index in [2.05, 4.69) is 31.1 Å². The van der Waals surface area contributed by atoms with Gasteiger partial charge in [0.05, 0.1) is 19.0 Å². The van der Waals surface area contributed by atoms with Crippen molar-refractivity contribution >= 4 is 33.5 Å². The van der Waals surface area contributed by atoms with E-state index in [1.54, 1.807) is 0 Å². The Hall–Kier alpha value is -1.90. The van der Waals surface area contributed by atoms with E-state index in [0.29, 0.717) is 5.69 Å². The number of nitrogens with zero attached hydrogens (tertiary/aromatic N) is 2. The molecule has 0 aliphatic heterocycles. The number of hydrogen-bond donors (Lipinski definition) is 2. The van der Waals surface area contributed by atoms with Gasteiger partial charge >= 0.3 is 5.97 Å². The van der Waals surface area contributed by atoms with E-state index in [1.807, 2.05) is 13.8 Å². The molecule has 0 aliphatic carbocycles. The predicted molar refractivity (Wildman–Crippen MR) is 79.7 cm³/mol. The number of hydrogen-bond acceptors (Lipinski definition) is 6. The molecule has 0 fully saturated rings. The molecule has 1 aromatic rings. The van der Waals surface area contributed by atoms with Gasteiger partial charge in [-0.3, -0.25) is 14.4 Å². The predicted octanol–water partition coefficient (Wildman–Crippen LogP) is 0.101. The van der Waals surface area contributed by atoms with Gasteiger partial charge in [-0.25, -0.2) is 4.68 Å². The highest BCUT2D eigenvalue weighted by molar-refractivity contribution is 9.10. The summed E-state index contributed by atoms with van der Waals surface area (Å²) < 4.78 is 5.59. The second-order valence-electron chi connectivity index (χ2n) is 4.68. The Balaban J connectivity index is 3.07. The van der Waals surface area contributed by atoms with Crippen LogP contribution >= 0.6 is 15.9 Å². The van der Waals surface area contributed by atoms with Gasteiger partial charge < -0.3 is 15.8 Å². The van der Waals surface area contributed by atoms with Gasteiger partial charge in [-0.1, -0.05) is 13.8 Å². The molecule has 1 heterocycles. The fourth-order valence-corrected chi connectivity index (χ4v) is 2.02. The fraction of sp³-hybridized carbons (Fsp3) is 0.500. The lowest BCUT2D eigenvalue weighted by Crippen LogP contribution is -2.40. The number of aromatic nitrogens is 2. The number of carbonyl (C=O) groups is 2. The van der Waals surface area contributed by atoms with Crippen molar-refractivity contribution in [1.29, 1.82) is 0 Å². The minimum atomic E-state index is -0.640. The smallest absolute Gasteiger partial charge is 0.327 e. The molecule has 0 aliphatic rings. The average Bonchev–Trinajstić information content (AvgIpc) is 2.42. The lowest BCUT2D eigenvalue weighted by Gasteiger charge is -2.20. The fourth-order valence-electron chi connectivity index (χ4n) is 1.60. The number of rotatable bonds is 6. The first-order valence-corrected chi connectivity index (χ1v) is 6.95. The number of esters is 1. The van der Waals surface area contributed by atoms with Crippen LogP contribution in [0.4, 0.5) is 5.69 Å². The molecular formula is C12H17BrN4O4. The molecule has 21 heavy (non-hydrogen) atoms. The third-order valence-electron chi connectivity index (χ3n) is 2.78. The van der Waals surface area contributed by atoms with Gasteiger partial charge in [-0.2, -0.15) is 5.10 Å².